The normalized spacial score (nSPS) is 12.2. The molecule has 1 atom stereocenters. The van der Waals surface area contributed by atoms with Gasteiger partial charge in [-0.25, -0.2) is 0 Å². The van der Waals surface area contributed by atoms with E-state index >= 15 is 0 Å². The lowest BCUT2D eigenvalue weighted by molar-refractivity contribution is 0.333. The largest absolute Gasteiger partial charge is 0.494 e. The Morgan fingerprint density at radius 1 is 1.14 bits per heavy atom. The highest BCUT2D eigenvalue weighted by Crippen LogP contribution is 2.34. The molecule has 0 aliphatic heterocycles. The fourth-order valence-electron chi connectivity index (χ4n) is 2.33. The monoisotopic (exact) mass is 459 g/mol. The van der Waals surface area contributed by atoms with E-state index in [0.29, 0.717) is 6.61 Å². The molecule has 0 heterocycles. The van der Waals surface area contributed by atoms with E-state index in [1.54, 1.807) is 0 Å². The second-order valence-electron chi connectivity index (χ2n) is 4.63. The van der Waals surface area contributed by atoms with Crippen LogP contribution in [0.25, 0.3) is 0 Å². The highest BCUT2D eigenvalue weighted by molar-refractivity contribution is 14.1. The molecule has 0 aromatic heterocycles. The van der Waals surface area contributed by atoms with Crippen LogP contribution in [-0.2, 0) is 0 Å². The zero-order valence-electron chi connectivity index (χ0n) is 12.2. The molecule has 0 spiro atoms. The summed E-state index contributed by atoms with van der Waals surface area (Å²) in [7, 11) is 0. The lowest BCUT2D eigenvalue weighted by atomic mass is 9.98. The number of hydrogen-bond acceptors (Lipinski definition) is 2. The number of hydrogen-bond donors (Lipinski definition) is 1. The second kappa shape index (κ2) is 8.15. The maximum Gasteiger partial charge on any atom is 0.124 e. The van der Waals surface area contributed by atoms with Gasteiger partial charge in [-0.05, 0) is 65.9 Å². The van der Waals surface area contributed by atoms with Gasteiger partial charge in [-0.2, -0.15) is 0 Å². The van der Waals surface area contributed by atoms with Gasteiger partial charge in [0.15, 0.2) is 0 Å². The summed E-state index contributed by atoms with van der Waals surface area (Å²) in [6, 6.07) is 14.8. The van der Waals surface area contributed by atoms with Crippen LogP contribution >= 0.6 is 38.5 Å². The van der Waals surface area contributed by atoms with Crippen molar-refractivity contribution in [3.05, 3.63) is 61.6 Å². The van der Waals surface area contributed by atoms with Gasteiger partial charge in [-0.3, -0.25) is 0 Å². The number of benzene rings is 2. The van der Waals surface area contributed by atoms with Crippen molar-refractivity contribution in [1.29, 1.82) is 0 Å². The van der Waals surface area contributed by atoms with Crippen molar-refractivity contribution in [3.63, 3.8) is 0 Å². The molecule has 0 saturated heterocycles. The quantitative estimate of drug-likeness (QED) is 0.603. The molecule has 2 nitrogen and oxygen atoms in total. The summed E-state index contributed by atoms with van der Waals surface area (Å²) in [6.07, 6.45) is 0. The highest BCUT2D eigenvalue weighted by atomic mass is 127. The first kappa shape index (κ1) is 16.8. The molecular formula is C17H19BrINO. The van der Waals surface area contributed by atoms with Crippen molar-refractivity contribution in [2.24, 2.45) is 0 Å². The van der Waals surface area contributed by atoms with Crippen molar-refractivity contribution in [1.82, 2.24) is 5.32 Å². The van der Waals surface area contributed by atoms with Gasteiger partial charge < -0.3 is 10.1 Å². The topological polar surface area (TPSA) is 21.3 Å². The molecule has 2 aromatic carbocycles. The number of nitrogens with one attached hydrogen (secondary N) is 1. The van der Waals surface area contributed by atoms with Crippen molar-refractivity contribution < 1.29 is 4.74 Å². The minimum absolute atomic E-state index is 0.127. The first-order chi connectivity index (χ1) is 10.2. The van der Waals surface area contributed by atoms with Crippen LogP contribution in [0.4, 0.5) is 0 Å². The molecule has 0 bridgehead atoms. The minimum atomic E-state index is 0.127. The molecule has 0 amide bonds. The van der Waals surface area contributed by atoms with Gasteiger partial charge >= 0.3 is 0 Å². The lowest BCUT2D eigenvalue weighted by Gasteiger charge is -2.23. The van der Waals surface area contributed by atoms with E-state index in [9.17, 15) is 0 Å². The molecule has 0 saturated carbocycles. The third kappa shape index (κ3) is 4.20. The van der Waals surface area contributed by atoms with Crippen molar-refractivity contribution >= 4 is 38.5 Å². The summed E-state index contributed by atoms with van der Waals surface area (Å²) in [5.74, 6) is 0.936. The van der Waals surface area contributed by atoms with Crippen LogP contribution in [0.15, 0.2) is 46.9 Å². The van der Waals surface area contributed by atoms with Crippen molar-refractivity contribution in [2.75, 3.05) is 13.2 Å². The maximum atomic E-state index is 5.82. The SMILES string of the molecule is CCNC(c1ccccc1I)c1cc(Br)ccc1OCC. The Morgan fingerprint density at radius 3 is 2.57 bits per heavy atom. The molecule has 2 aromatic rings. The standard InChI is InChI=1S/C17H19BrINO/c1-3-20-17(13-7-5-6-8-15(13)19)14-11-12(18)9-10-16(14)21-4-2/h5-11,17,20H,3-4H2,1-2H3. The van der Waals surface area contributed by atoms with Crippen molar-refractivity contribution in [2.45, 2.75) is 19.9 Å². The molecular weight excluding hydrogens is 441 g/mol. The molecule has 2 rings (SSSR count). The van der Waals surface area contributed by atoms with Gasteiger partial charge in [0, 0.05) is 13.6 Å². The smallest absolute Gasteiger partial charge is 0.124 e. The summed E-state index contributed by atoms with van der Waals surface area (Å²) in [5, 5.41) is 3.58. The minimum Gasteiger partial charge on any atom is -0.494 e. The van der Waals surface area contributed by atoms with E-state index < -0.39 is 0 Å². The predicted octanol–water partition coefficient (Wildman–Crippen LogP) is 5.15. The first-order valence-corrected chi connectivity index (χ1v) is 8.94. The molecule has 0 aliphatic carbocycles. The molecule has 1 N–H and O–H groups in total. The van der Waals surface area contributed by atoms with E-state index in [1.165, 1.54) is 9.13 Å². The second-order valence-corrected chi connectivity index (χ2v) is 6.71. The average molecular weight is 460 g/mol. The van der Waals surface area contributed by atoms with Crippen LogP contribution < -0.4 is 10.1 Å². The average Bonchev–Trinajstić information content (AvgIpc) is 2.48. The Labute approximate surface area is 148 Å². The van der Waals surface area contributed by atoms with E-state index in [2.05, 4.69) is 81.1 Å². The lowest BCUT2D eigenvalue weighted by Crippen LogP contribution is -2.23. The summed E-state index contributed by atoms with van der Waals surface area (Å²) in [6.45, 7) is 5.70. The van der Waals surface area contributed by atoms with Crippen LogP contribution in [0, 0.1) is 3.57 Å². The Morgan fingerprint density at radius 2 is 1.90 bits per heavy atom. The molecule has 112 valence electrons. The number of rotatable bonds is 6. The van der Waals surface area contributed by atoms with E-state index in [-0.39, 0.29) is 6.04 Å². The Balaban J connectivity index is 2.52. The fraction of sp³-hybridized carbons (Fsp3) is 0.294. The van der Waals surface area contributed by atoms with E-state index in [1.807, 2.05) is 19.1 Å². The zero-order chi connectivity index (χ0) is 15.2. The van der Waals surface area contributed by atoms with Crippen LogP contribution in [0.5, 0.6) is 5.75 Å². The third-order valence-corrected chi connectivity index (χ3v) is 4.68. The van der Waals surface area contributed by atoms with E-state index in [0.717, 1.165) is 22.3 Å². The first-order valence-electron chi connectivity index (χ1n) is 7.07. The van der Waals surface area contributed by atoms with Gasteiger partial charge in [-0.15, -0.1) is 0 Å². The van der Waals surface area contributed by atoms with Crippen molar-refractivity contribution in [3.8, 4) is 5.75 Å². The summed E-state index contributed by atoms with van der Waals surface area (Å²) < 4.78 is 8.14. The van der Waals surface area contributed by atoms with E-state index in [4.69, 9.17) is 4.74 Å². The van der Waals surface area contributed by atoms with Crippen LogP contribution in [0.1, 0.15) is 31.0 Å². The zero-order valence-corrected chi connectivity index (χ0v) is 15.9. The molecule has 4 heteroatoms. The summed E-state index contributed by atoms with van der Waals surface area (Å²) in [5.41, 5.74) is 2.44. The summed E-state index contributed by atoms with van der Waals surface area (Å²) >= 11 is 5.96. The number of ether oxygens (including phenoxy) is 1. The Hall–Kier alpha value is -0.590. The van der Waals surface area contributed by atoms with Crippen LogP contribution in [0.2, 0.25) is 0 Å². The molecule has 1 unspecified atom stereocenters. The predicted molar refractivity (Wildman–Crippen MR) is 100.0 cm³/mol. The molecule has 0 aliphatic rings. The maximum absolute atomic E-state index is 5.82. The summed E-state index contributed by atoms with van der Waals surface area (Å²) in [4.78, 5) is 0. The Kier molecular flexibility index (Phi) is 6.51. The van der Waals surface area contributed by atoms with Gasteiger partial charge in [0.05, 0.1) is 12.6 Å². The molecule has 0 fully saturated rings. The van der Waals surface area contributed by atoms with Gasteiger partial charge in [-0.1, -0.05) is 41.1 Å². The molecule has 21 heavy (non-hydrogen) atoms. The number of halogens is 2. The van der Waals surface area contributed by atoms with Crippen LogP contribution in [0.3, 0.4) is 0 Å². The van der Waals surface area contributed by atoms with Crippen LogP contribution in [-0.4, -0.2) is 13.2 Å². The third-order valence-electron chi connectivity index (χ3n) is 3.21. The van der Waals surface area contributed by atoms with Gasteiger partial charge in [0.2, 0.25) is 0 Å². The highest BCUT2D eigenvalue weighted by Gasteiger charge is 2.19. The Bertz CT molecular complexity index is 603. The van der Waals surface area contributed by atoms with Gasteiger partial charge in [0.1, 0.15) is 5.75 Å². The van der Waals surface area contributed by atoms with Gasteiger partial charge in [0.25, 0.3) is 0 Å². The fourth-order valence-corrected chi connectivity index (χ4v) is 3.41. The molecule has 0 radical (unpaired) electrons.